The third kappa shape index (κ3) is 5.43. The Labute approximate surface area is 363 Å². The van der Waals surface area contributed by atoms with Crippen LogP contribution in [-0.2, 0) is 0 Å². The van der Waals surface area contributed by atoms with E-state index in [1.807, 2.05) is 24.3 Å². The van der Waals surface area contributed by atoms with Crippen LogP contribution in [0.3, 0.4) is 0 Å². The maximum Gasteiger partial charge on any atom is 0.160 e. The van der Waals surface area contributed by atoms with E-state index in [1.165, 1.54) is 43.4 Å². The maximum atomic E-state index is 5.35. The van der Waals surface area contributed by atoms with Crippen LogP contribution in [0, 0.1) is 0 Å². The predicted octanol–water partition coefficient (Wildman–Crippen LogP) is 14.8. The highest BCUT2D eigenvalue weighted by Crippen LogP contribution is 2.45. The van der Waals surface area contributed by atoms with Crippen LogP contribution in [0.25, 0.3) is 116 Å². The minimum absolute atomic E-state index is 0.695. The molecule has 4 heterocycles. The first-order chi connectivity index (χ1) is 31.3. The van der Waals surface area contributed by atoms with Crippen molar-refractivity contribution in [1.82, 2.24) is 23.7 Å². The summed E-state index contributed by atoms with van der Waals surface area (Å²) in [6.45, 7) is 0. The molecule has 0 radical (unpaired) electrons. The Morgan fingerprint density at radius 1 is 0.286 bits per heavy atom. The van der Waals surface area contributed by atoms with Gasteiger partial charge in [-0.2, -0.15) is 0 Å². The second-order valence-electron chi connectivity index (χ2n) is 16.2. The zero-order valence-corrected chi connectivity index (χ0v) is 34.1. The molecule has 0 aliphatic rings. The van der Waals surface area contributed by atoms with Crippen molar-refractivity contribution in [1.29, 1.82) is 0 Å². The molecule has 5 nitrogen and oxygen atoms in total. The van der Waals surface area contributed by atoms with Crippen LogP contribution < -0.4 is 0 Å². The van der Waals surface area contributed by atoms with Gasteiger partial charge in [-0.3, -0.25) is 0 Å². The van der Waals surface area contributed by atoms with Crippen LogP contribution >= 0.6 is 0 Å². The van der Waals surface area contributed by atoms with E-state index in [2.05, 4.69) is 214 Å². The van der Waals surface area contributed by atoms with E-state index in [-0.39, 0.29) is 0 Å². The van der Waals surface area contributed by atoms with Crippen LogP contribution in [0.4, 0.5) is 0 Å². The molecule has 9 aromatic carbocycles. The topological polar surface area (TPSA) is 40.6 Å². The van der Waals surface area contributed by atoms with Crippen molar-refractivity contribution >= 4 is 65.4 Å². The SMILES string of the molecule is c1ccc(-c2cc(-c3cccc4c5ccc6c(c7ccccc7n6-c6ccc7c8ccccc8n(-c8ccccc8)c7c6)c5n(-c5ccccc5)c34)nc(-c3ccccc3)n2)cc1. The summed E-state index contributed by atoms with van der Waals surface area (Å²) in [5.74, 6) is 0.695. The molecule has 0 aliphatic heterocycles. The van der Waals surface area contributed by atoms with Crippen molar-refractivity contribution < 1.29 is 0 Å². The van der Waals surface area contributed by atoms with E-state index < -0.39 is 0 Å². The fraction of sp³-hybridized carbons (Fsp3) is 0. The third-order valence-electron chi connectivity index (χ3n) is 12.6. The number of aromatic nitrogens is 5. The van der Waals surface area contributed by atoms with E-state index in [9.17, 15) is 0 Å². The van der Waals surface area contributed by atoms with Crippen molar-refractivity contribution in [3.05, 3.63) is 224 Å². The van der Waals surface area contributed by atoms with Crippen molar-refractivity contribution in [2.45, 2.75) is 0 Å². The molecule has 0 aliphatic carbocycles. The Bertz CT molecular complexity index is 3820. The van der Waals surface area contributed by atoms with Crippen LogP contribution in [0.2, 0.25) is 0 Å². The number of hydrogen-bond donors (Lipinski definition) is 0. The summed E-state index contributed by atoms with van der Waals surface area (Å²) in [4.78, 5) is 10.5. The summed E-state index contributed by atoms with van der Waals surface area (Å²) in [5, 5.41) is 7.23. The monoisotopic (exact) mass is 803 g/mol. The number of fused-ring (bicyclic) bond motifs is 10. The third-order valence-corrected chi connectivity index (χ3v) is 12.6. The maximum absolute atomic E-state index is 5.35. The summed E-state index contributed by atoms with van der Waals surface area (Å²) in [7, 11) is 0. The molecule has 13 rings (SSSR count). The summed E-state index contributed by atoms with van der Waals surface area (Å²) in [5.41, 5.74) is 15.1. The van der Waals surface area contributed by atoms with Gasteiger partial charge in [0.25, 0.3) is 0 Å². The van der Waals surface area contributed by atoms with Crippen molar-refractivity contribution in [3.63, 3.8) is 0 Å². The quantitative estimate of drug-likeness (QED) is 0.168. The largest absolute Gasteiger partial charge is 0.309 e. The molecular weight excluding hydrogens is 767 g/mol. The van der Waals surface area contributed by atoms with E-state index in [4.69, 9.17) is 9.97 Å². The van der Waals surface area contributed by atoms with Gasteiger partial charge in [-0.1, -0.05) is 164 Å². The van der Waals surface area contributed by atoms with Crippen molar-refractivity contribution in [2.75, 3.05) is 0 Å². The molecule has 0 unspecified atom stereocenters. The van der Waals surface area contributed by atoms with E-state index in [0.717, 1.165) is 67.2 Å². The van der Waals surface area contributed by atoms with Gasteiger partial charge < -0.3 is 13.7 Å². The lowest BCUT2D eigenvalue weighted by Gasteiger charge is -2.14. The second-order valence-corrected chi connectivity index (χ2v) is 16.2. The van der Waals surface area contributed by atoms with Crippen LogP contribution in [0.5, 0.6) is 0 Å². The van der Waals surface area contributed by atoms with Gasteiger partial charge in [0, 0.05) is 66.1 Å². The standard InChI is InChI=1S/C58H37N5/c1-5-18-38(19-6-1)49-37-50(60-58(59-49)39-20-7-2-8-21-39)47-29-17-28-45-46-34-35-53-55(57(46)63(56(45)47)41-24-11-4-12-25-41)48-27-14-16-31-52(48)62(53)42-32-33-44-43-26-13-15-30-51(43)61(54(44)36-42)40-22-9-3-10-23-40/h1-37H. The molecule has 294 valence electrons. The Kier molecular flexibility index (Phi) is 7.84. The molecule has 0 atom stereocenters. The van der Waals surface area contributed by atoms with E-state index >= 15 is 0 Å². The summed E-state index contributed by atoms with van der Waals surface area (Å²) in [6.07, 6.45) is 0. The molecule has 0 amide bonds. The highest BCUT2D eigenvalue weighted by Gasteiger charge is 2.24. The summed E-state index contributed by atoms with van der Waals surface area (Å²) in [6, 6.07) is 80.2. The molecule has 0 saturated carbocycles. The molecular formula is C58H37N5. The van der Waals surface area contributed by atoms with Gasteiger partial charge in [-0.25, -0.2) is 9.97 Å². The molecule has 0 spiro atoms. The fourth-order valence-electron chi connectivity index (χ4n) is 9.94. The zero-order chi connectivity index (χ0) is 41.4. The number of nitrogens with zero attached hydrogens (tertiary/aromatic N) is 5. The van der Waals surface area contributed by atoms with Gasteiger partial charge >= 0.3 is 0 Å². The molecule has 13 aromatic rings. The van der Waals surface area contributed by atoms with Crippen LogP contribution in [-0.4, -0.2) is 23.7 Å². The van der Waals surface area contributed by atoms with E-state index in [0.29, 0.717) is 5.82 Å². The normalized spacial score (nSPS) is 11.8. The lowest BCUT2D eigenvalue weighted by Crippen LogP contribution is -1.99. The molecule has 63 heavy (non-hydrogen) atoms. The Morgan fingerprint density at radius 2 is 0.810 bits per heavy atom. The minimum Gasteiger partial charge on any atom is -0.309 e. The first-order valence-electron chi connectivity index (χ1n) is 21.4. The van der Waals surface area contributed by atoms with Gasteiger partial charge in [0.15, 0.2) is 5.82 Å². The average molecular weight is 804 g/mol. The van der Waals surface area contributed by atoms with Gasteiger partial charge in [-0.05, 0) is 60.7 Å². The Hall–Kier alpha value is -8.54. The fourth-order valence-corrected chi connectivity index (χ4v) is 9.94. The number of rotatable bonds is 6. The minimum atomic E-state index is 0.695. The molecule has 0 saturated heterocycles. The highest BCUT2D eigenvalue weighted by molar-refractivity contribution is 6.27. The van der Waals surface area contributed by atoms with Gasteiger partial charge in [-0.15, -0.1) is 0 Å². The average Bonchev–Trinajstić information content (AvgIpc) is 4.00. The zero-order valence-electron chi connectivity index (χ0n) is 34.1. The lowest BCUT2D eigenvalue weighted by molar-refractivity contribution is 1.15. The predicted molar refractivity (Wildman–Crippen MR) is 261 cm³/mol. The first-order valence-corrected chi connectivity index (χ1v) is 21.4. The molecule has 5 heteroatoms. The second kappa shape index (κ2) is 14.0. The van der Waals surface area contributed by atoms with Gasteiger partial charge in [0.1, 0.15) is 0 Å². The van der Waals surface area contributed by atoms with Crippen LogP contribution in [0.1, 0.15) is 0 Å². The number of para-hydroxylation sites is 5. The smallest absolute Gasteiger partial charge is 0.160 e. The molecule has 4 aromatic heterocycles. The number of hydrogen-bond acceptors (Lipinski definition) is 2. The Morgan fingerprint density at radius 3 is 1.54 bits per heavy atom. The van der Waals surface area contributed by atoms with Gasteiger partial charge in [0.2, 0.25) is 0 Å². The Balaban J connectivity index is 1.13. The summed E-state index contributed by atoms with van der Waals surface area (Å²) < 4.78 is 7.32. The van der Waals surface area contributed by atoms with Gasteiger partial charge in [0.05, 0.1) is 44.5 Å². The summed E-state index contributed by atoms with van der Waals surface area (Å²) >= 11 is 0. The first kappa shape index (κ1) is 35.2. The number of benzene rings is 9. The van der Waals surface area contributed by atoms with Crippen LogP contribution in [0.15, 0.2) is 224 Å². The molecule has 0 N–H and O–H groups in total. The lowest BCUT2D eigenvalue weighted by atomic mass is 10.0. The molecule has 0 bridgehead atoms. The van der Waals surface area contributed by atoms with Crippen molar-refractivity contribution in [3.8, 4) is 51.0 Å². The van der Waals surface area contributed by atoms with E-state index in [1.54, 1.807) is 0 Å². The molecule has 0 fully saturated rings. The van der Waals surface area contributed by atoms with Crippen molar-refractivity contribution in [2.24, 2.45) is 0 Å². The highest BCUT2D eigenvalue weighted by atomic mass is 15.0.